The number of urea groups is 1. The summed E-state index contributed by atoms with van der Waals surface area (Å²) in [4.78, 5) is 40.7. The van der Waals surface area contributed by atoms with E-state index >= 15 is 0 Å². The molecule has 40 heavy (non-hydrogen) atoms. The first-order valence-electron chi connectivity index (χ1n) is 13.8. The van der Waals surface area contributed by atoms with Gasteiger partial charge in [-0.05, 0) is 60.6 Å². The summed E-state index contributed by atoms with van der Waals surface area (Å²) in [6, 6.07) is 9.50. The van der Waals surface area contributed by atoms with Crippen LogP contribution in [-0.4, -0.2) is 71.0 Å². The van der Waals surface area contributed by atoms with Crippen LogP contribution in [0, 0.1) is 18.7 Å². The molecule has 1 saturated carbocycles. The van der Waals surface area contributed by atoms with Crippen molar-refractivity contribution in [3.63, 3.8) is 0 Å². The van der Waals surface area contributed by atoms with Crippen molar-refractivity contribution in [1.29, 1.82) is 0 Å². The molecule has 0 bridgehead atoms. The van der Waals surface area contributed by atoms with E-state index in [0.29, 0.717) is 30.3 Å². The monoisotopic (exact) mass is 573 g/mol. The van der Waals surface area contributed by atoms with E-state index < -0.39 is 17.8 Å². The van der Waals surface area contributed by atoms with E-state index in [9.17, 15) is 23.9 Å². The highest BCUT2D eigenvalue weighted by molar-refractivity contribution is 6.30. The van der Waals surface area contributed by atoms with Crippen LogP contribution in [0.1, 0.15) is 61.3 Å². The minimum absolute atomic E-state index is 0.00773. The average Bonchev–Trinajstić information content (AvgIpc) is 3.16. The standard InChI is InChI=1S/C30H37ClFN3O5/c1-20-14-22(8-11-27(20)40-13-12-35-28(36)19-33(2)30(35)39)18-34(17-21-6-4-3-5-7-21)26(16-29(37)38)23-9-10-24(31)25(32)15-23/h8-11,14-15,21,26H,3-7,12-13,16-19H2,1-2H3,(H,37,38). The number of hydrogen-bond acceptors (Lipinski definition) is 5. The number of carboxylic acid groups (broad SMARTS) is 1. The maximum Gasteiger partial charge on any atom is 0.327 e. The van der Waals surface area contributed by atoms with Crippen LogP contribution in [0.25, 0.3) is 0 Å². The number of aliphatic carboxylic acids is 1. The first-order chi connectivity index (χ1) is 19.1. The molecule has 2 aliphatic rings. The zero-order chi connectivity index (χ0) is 28.8. The maximum absolute atomic E-state index is 14.4. The van der Waals surface area contributed by atoms with E-state index in [1.807, 2.05) is 25.1 Å². The fourth-order valence-electron chi connectivity index (χ4n) is 5.69. The van der Waals surface area contributed by atoms with E-state index in [1.165, 1.54) is 28.4 Å². The molecule has 1 unspecified atom stereocenters. The lowest BCUT2D eigenvalue weighted by Crippen LogP contribution is -2.35. The quantitative estimate of drug-likeness (QED) is 0.330. The Labute approximate surface area is 239 Å². The van der Waals surface area contributed by atoms with Crippen LogP contribution in [0.5, 0.6) is 5.75 Å². The molecule has 2 aromatic rings. The molecule has 4 rings (SSSR count). The van der Waals surface area contributed by atoms with Crippen LogP contribution in [0.2, 0.25) is 5.02 Å². The minimum Gasteiger partial charge on any atom is -0.491 e. The molecule has 2 fully saturated rings. The van der Waals surface area contributed by atoms with Crippen molar-refractivity contribution in [3.05, 3.63) is 63.9 Å². The van der Waals surface area contributed by atoms with Crippen molar-refractivity contribution in [3.8, 4) is 5.75 Å². The van der Waals surface area contributed by atoms with E-state index in [1.54, 1.807) is 13.1 Å². The van der Waals surface area contributed by atoms with Gasteiger partial charge < -0.3 is 14.7 Å². The van der Waals surface area contributed by atoms with Gasteiger partial charge >= 0.3 is 12.0 Å². The lowest BCUT2D eigenvalue weighted by atomic mass is 9.88. The highest BCUT2D eigenvalue weighted by atomic mass is 35.5. The topological polar surface area (TPSA) is 90.4 Å². The van der Waals surface area contributed by atoms with Gasteiger partial charge in [-0.1, -0.05) is 49.1 Å². The number of ether oxygens (including phenoxy) is 1. The van der Waals surface area contributed by atoms with Gasteiger partial charge in [-0.25, -0.2) is 9.18 Å². The highest BCUT2D eigenvalue weighted by Gasteiger charge is 2.33. The van der Waals surface area contributed by atoms with Crippen molar-refractivity contribution in [2.75, 3.05) is 33.3 Å². The van der Waals surface area contributed by atoms with Crippen LogP contribution in [0.3, 0.4) is 0 Å². The molecule has 8 nitrogen and oxygen atoms in total. The molecular formula is C30H37ClFN3O5. The molecule has 1 N–H and O–H groups in total. The third kappa shape index (κ3) is 7.52. The summed E-state index contributed by atoms with van der Waals surface area (Å²) in [7, 11) is 1.59. The number of likely N-dealkylation sites (N-methyl/N-ethyl adjacent to an activating group) is 1. The average molecular weight is 574 g/mol. The van der Waals surface area contributed by atoms with Crippen molar-refractivity contribution >= 4 is 29.5 Å². The first-order valence-corrected chi connectivity index (χ1v) is 14.2. The van der Waals surface area contributed by atoms with E-state index in [-0.39, 0.29) is 43.1 Å². The van der Waals surface area contributed by atoms with Crippen molar-refractivity contribution in [1.82, 2.24) is 14.7 Å². The van der Waals surface area contributed by atoms with Gasteiger partial charge in [0, 0.05) is 26.2 Å². The second-order valence-corrected chi connectivity index (χ2v) is 11.3. The van der Waals surface area contributed by atoms with E-state index in [4.69, 9.17) is 16.3 Å². The Morgan fingerprint density at radius 1 is 1.18 bits per heavy atom. The van der Waals surface area contributed by atoms with Crippen LogP contribution >= 0.6 is 11.6 Å². The number of amides is 3. The second kappa shape index (κ2) is 13.5. The van der Waals surface area contributed by atoms with Gasteiger partial charge in [-0.15, -0.1) is 0 Å². The van der Waals surface area contributed by atoms with Crippen molar-refractivity contribution in [2.45, 2.75) is 58.0 Å². The predicted molar refractivity (Wildman–Crippen MR) is 150 cm³/mol. The molecule has 1 saturated heterocycles. The summed E-state index contributed by atoms with van der Waals surface area (Å²) in [5, 5.41) is 9.78. The molecule has 0 aromatic heterocycles. The molecule has 10 heteroatoms. The lowest BCUT2D eigenvalue weighted by molar-refractivity contribution is -0.138. The van der Waals surface area contributed by atoms with Crippen LogP contribution in [-0.2, 0) is 16.1 Å². The molecular weight excluding hydrogens is 537 g/mol. The van der Waals surface area contributed by atoms with E-state index in [0.717, 1.165) is 36.8 Å². The normalized spacial score (nSPS) is 17.1. The number of rotatable bonds is 12. The Kier molecular flexibility index (Phi) is 10.0. The number of nitrogens with zero attached hydrogens (tertiary/aromatic N) is 3. The van der Waals surface area contributed by atoms with Gasteiger partial charge in [-0.3, -0.25) is 19.4 Å². The summed E-state index contributed by atoms with van der Waals surface area (Å²) < 4.78 is 20.3. The first kappa shape index (κ1) is 29.8. The summed E-state index contributed by atoms with van der Waals surface area (Å²) >= 11 is 5.93. The maximum atomic E-state index is 14.4. The summed E-state index contributed by atoms with van der Waals surface area (Å²) in [6.07, 6.45) is 5.57. The number of carbonyl (C=O) groups excluding carboxylic acids is 2. The Morgan fingerprint density at radius 3 is 2.55 bits per heavy atom. The number of benzene rings is 2. The number of carboxylic acids is 1. The largest absolute Gasteiger partial charge is 0.491 e. The smallest absolute Gasteiger partial charge is 0.327 e. The molecule has 0 radical (unpaired) electrons. The molecule has 3 amide bonds. The Balaban J connectivity index is 1.50. The SMILES string of the molecule is Cc1cc(CN(CC2CCCCC2)C(CC(=O)O)c2ccc(Cl)c(F)c2)ccc1OCCN1C(=O)CN(C)C1=O. The van der Waals surface area contributed by atoms with E-state index in [2.05, 4.69) is 4.90 Å². The fourth-order valence-corrected chi connectivity index (χ4v) is 5.81. The third-order valence-corrected chi connectivity index (χ3v) is 8.09. The van der Waals surface area contributed by atoms with Crippen LogP contribution in [0.4, 0.5) is 9.18 Å². The van der Waals surface area contributed by atoms with Gasteiger partial charge in [0.05, 0.1) is 18.0 Å². The second-order valence-electron chi connectivity index (χ2n) is 10.9. The molecule has 1 atom stereocenters. The summed E-state index contributed by atoms with van der Waals surface area (Å²) in [5.41, 5.74) is 2.46. The Bertz CT molecular complexity index is 1240. The zero-order valence-electron chi connectivity index (χ0n) is 23.1. The minimum atomic E-state index is -0.949. The summed E-state index contributed by atoms with van der Waals surface area (Å²) in [6.45, 7) is 3.56. The van der Waals surface area contributed by atoms with Crippen molar-refractivity contribution in [2.24, 2.45) is 5.92 Å². The van der Waals surface area contributed by atoms with Gasteiger partial charge in [-0.2, -0.15) is 0 Å². The van der Waals surface area contributed by atoms with Gasteiger partial charge in [0.2, 0.25) is 5.91 Å². The number of carbonyl (C=O) groups is 3. The Morgan fingerprint density at radius 2 is 1.93 bits per heavy atom. The van der Waals surface area contributed by atoms with Gasteiger partial charge in [0.25, 0.3) is 0 Å². The van der Waals surface area contributed by atoms with Gasteiger partial charge in [0.1, 0.15) is 24.7 Å². The predicted octanol–water partition coefficient (Wildman–Crippen LogP) is 5.66. The molecule has 2 aromatic carbocycles. The molecule has 1 heterocycles. The molecule has 216 valence electrons. The molecule has 1 aliphatic heterocycles. The van der Waals surface area contributed by atoms with Crippen molar-refractivity contribution < 1.29 is 28.6 Å². The molecule has 1 aliphatic carbocycles. The van der Waals surface area contributed by atoms with Gasteiger partial charge in [0.15, 0.2) is 0 Å². The number of aryl methyl sites for hydroxylation is 1. The zero-order valence-corrected chi connectivity index (χ0v) is 23.8. The number of halogens is 2. The Hall–Kier alpha value is -3.17. The van der Waals surface area contributed by atoms with Crippen LogP contribution in [0.15, 0.2) is 36.4 Å². The third-order valence-electron chi connectivity index (χ3n) is 7.78. The fraction of sp³-hybridized carbons (Fsp3) is 0.500. The number of hydrogen-bond donors (Lipinski definition) is 1. The van der Waals surface area contributed by atoms with Crippen LogP contribution < -0.4 is 4.74 Å². The highest BCUT2D eigenvalue weighted by Crippen LogP contribution is 2.33. The lowest BCUT2D eigenvalue weighted by Gasteiger charge is -2.35. The summed E-state index contributed by atoms with van der Waals surface area (Å²) in [5.74, 6) is -0.654. The molecule has 0 spiro atoms. The number of imide groups is 1.